The maximum atomic E-state index is 13.6. The van der Waals surface area contributed by atoms with Crippen molar-refractivity contribution in [1.29, 1.82) is 0 Å². The normalized spacial score (nSPS) is 40.6. The van der Waals surface area contributed by atoms with Crippen LogP contribution in [0.3, 0.4) is 0 Å². The third kappa shape index (κ3) is 14.8. The van der Waals surface area contributed by atoms with E-state index in [0.29, 0.717) is 16.7 Å². The number of fused-ring (bicyclic) bond motifs is 12. The van der Waals surface area contributed by atoms with Crippen LogP contribution in [0, 0.1) is 35.5 Å². The molecular formula is C87H96O39. The highest BCUT2D eigenvalue weighted by atomic mass is 16.8. The first-order valence-corrected chi connectivity index (χ1v) is 40.1. The Kier molecular flexibility index (Phi) is 18.8. The summed E-state index contributed by atoms with van der Waals surface area (Å²) in [7, 11) is -0.866. The van der Waals surface area contributed by atoms with Gasteiger partial charge < -0.3 is 174 Å². The van der Waals surface area contributed by atoms with E-state index in [9.17, 15) is 61.7 Å². The van der Waals surface area contributed by atoms with Gasteiger partial charge in [-0.1, -0.05) is 0 Å². The second-order valence-corrected chi connectivity index (χ2v) is 32.0. The zero-order chi connectivity index (χ0) is 101. The molecule has 3 aliphatic carbocycles. The molecule has 39 heteroatoms. The Balaban J connectivity index is 0.000000135. The Morgan fingerprint density at radius 3 is 1.02 bits per heavy atom. The van der Waals surface area contributed by atoms with Crippen LogP contribution in [0.5, 0.6) is 86.2 Å². The molecule has 0 radical (unpaired) electrons. The van der Waals surface area contributed by atoms with E-state index in [4.69, 9.17) is 147 Å². The number of cyclic esters (lactones) is 3. The lowest BCUT2D eigenvalue weighted by Gasteiger charge is -2.47. The van der Waals surface area contributed by atoms with Crippen LogP contribution in [0.15, 0.2) is 72.8 Å². The average molecular weight is 1780 g/mol. The van der Waals surface area contributed by atoms with Crippen molar-refractivity contribution in [3.8, 4) is 86.2 Å². The standard InChI is InChI=1S/3C29H32O13/c3*1-11-36-9-20-27(40-11)24(31)25(32)29(41-20)42-26-14-7-17-16(38-10-39-17)6-13(14)21(22-15(26)8-37-28(22)33)12-4-18(34-2)23(30)19(5-12)35-3/h3*4-7,11,15,20-22,24-27,29-32H,8-10H2,1-3H3/t3*11-,15+,20-,21-,22+,24-,25-,26-,27-,29+/m111/s1/i2D3,3D3,10D2;10D2,21D;8D2,10D2. The van der Waals surface area contributed by atoms with Crippen LogP contribution in [0.25, 0.3) is 0 Å². The van der Waals surface area contributed by atoms with Crippen molar-refractivity contribution in [3.63, 3.8) is 0 Å². The molecule has 0 aromatic heterocycles. The van der Waals surface area contributed by atoms with Crippen LogP contribution in [0.4, 0.5) is 0 Å². The molecule has 0 bridgehead atoms. The molecule has 9 fully saturated rings. The number of methoxy groups -OCH3 is 6. The van der Waals surface area contributed by atoms with E-state index >= 15 is 0 Å². The monoisotopic (exact) mass is 1780 g/mol. The minimum absolute atomic E-state index is 0.00982. The molecule has 12 heterocycles. The number of carbonyl (C=O) groups is 3. The summed E-state index contributed by atoms with van der Waals surface area (Å²) < 4.78 is 272. The second-order valence-electron chi connectivity index (χ2n) is 32.0. The number of rotatable bonds is 15. The van der Waals surface area contributed by atoms with Gasteiger partial charge in [0.25, 0.3) is 0 Å². The summed E-state index contributed by atoms with van der Waals surface area (Å²) in [5, 5.41) is 98.1. The van der Waals surface area contributed by atoms with Crippen molar-refractivity contribution >= 4 is 17.9 Å². The lowest BCUT2D eigenvalue weighted by Crippen LogP contribution is -2.63. The molecule has 15 aliphatic rings. The zero-order valence-electron chi connectivity index (χ0n) is 82.5. The lowest BCUT2D eigenvalue weighted by molar-refractivity contribution is -0.364. The summed E-state index contributed by atoms with van der Waals surface area (Å²) in [6.07, 6.45) is -24.3. The van der Waals surface area contributed by atoms with Crippen LogP contribution < -0.4 is 56.8 Å². The summed E-state index contributed by atoms with van der Waals surface area (Å²) in [6, 6.07) is 16.5. The third-order valence-electron chi connectivity index (χ3n) is 25.1. The smallest absolute Gasteiger partial charge is 0.310 e. The largest absolute Gasteiger partial charge is 0.502 e. The molecule has 9 N–H and O–H groups in total. The number of carbonyl (C=O) groups excluding carboxylic acids is 3. The fourth-order valence-corrected chi connectivity index (χ4v) is 19.2. The van der Waals surface area contributed by atoms with Crippen molar-refractivity contribution in [3.05, 3.63) is 123 Å². The first-order valence-electron chi connectivity index (χ1n) is 47.6. The van der Waals surface area contributed by atoms with Crippen molar-refractivity contribution in [2.45, 2.75) is 168 Å². The number of aliphatic hydroxyl groups is 6. The summed E-state index contributed by atoms with van der Waals surface area (Å²) in [5.41, 5.74) is 2.19. The van der Waals surface area contributed by atoms with Gasteiger partial charge in [0, 0.05) is 36.9 Å². The minimum atomic E-state index is -3.10. The van der Waals surface area contributed by atoms with E-state index in [1.54, 1.807) is 20.8 Å². The molecular weight excluding hydrogens is 1670 g/mol. The maximum absolute atomic E-state index is 13.6. The molecule has 39 nitrogen and oxygen atoms in total. The van der Waals surface area contributed by atoms with E-state index in [1.165, 1.54) is 89.1 Å². The summed E-state index contributed by atoms with van der Waals surface area (Å²) in [6.45, 7) is -5.58. The molecule has 21 rings (SSSR count). The van der Waals surface area contributed by atoms with Gasteiger partial charge in [-0.05, 0) is 144 Å². The van der Waals surface area contributed by atoms with Gasteiger partial charge in [0.2, 0.25) is 37.5 Å². The average Bonchev–Trinajstić information content (AvgIpc) is 1.56. The third-order valence-corrected chi connectivity index (χ3v) is 25.1. The van der Waals surface area contributed by atoms with Crippen LogP contribution in [-0.4, -0.2) is 277 Å². The number of esters is 3. The molecule has 0 spiro atoms. The highest BCUT2D eigenvalue weighted by Gasteiger charge is 2.61. The number of benzene rings is 6. The molecule has 9 saturated heterocycles. The number of hydrogen-bond donors (Lipinski definition) is 9. The van der Waals surface area contributed by atoms with Gasteiger partial charge in [0.05, 0.1) is 129 Å². The zero-order valence-corrected chi connectivity index (χ0v) is 67.5. The molecule has 678 valence electrons. The van der Waals surface area contributed by atoms with Gasteiger partial charge in [-0.25, -0.2) is 0 Å². The molecule has 0 unspecified atom stereocenters. The quantitative estimate of drug-likeness (QED) is 0.0518. The maximum Gasteiger partial charge on any atom is 0.310 e. The molecule has 0 amide bonds. The van der Waals surface area contributed by atoms with Crippen LogP contribution in [0.2, 0.25) is 0 Å². The molecule has 126 heavy (non-hydrogen) atoms. The number of aromatic hydroxyl groups is 3. The van der Waals surface area contributed by atoms with E-state index < -0.39 is 259 Å². The van der Waals surface area contributed by atoms with Gasteiger partial charge in [0.1, 0.15) is 81.5 Å². The van der Waals surface area contributed by atoms with E-state index in [-0.39, 0.29) is 135 Å². The van der Waals surface area contributed by atoms with Crippen molar-refractivity contribution in [2.75, 3.05) is 102 Å². The summed E-state index contributed by atoms with van der Waals surface area (Å²) in [5.74, 6) is -16.0. The molecule has 6 aromatic rings. The number of phenols is 3. The Labute approximate surface area is 739 Å². The molecule has 6 aromatic carbocycles. The van der Waals surface area contributed by atoms with Crippen molar-refractivity contribution in [1.82, 2.24) is 0 Å². The molecule has 30 atom stereocenters. The topological polar surface area (TPSA) is 482 Å². The van der Waals surface area contributed by atoms with E-state index in [0.717, 1.165) is 12.1 Å². The number of aliphatic hydroxyl groups excluding tert-OH is 6. The van der Waals surface area contributed by atoms with Gasteiger partial charge in [-0.15, -0.1) is 0 Å². The molecule has 12 aliphatic heterocycles. The second kappa shape index (κ2) is 34.2. The van der Waals surface area contributed by atoms with Crippen molar-refractivity contribution in [2.24, 2.45) is 35.5 Å². The van der Waals surface area contributed by atoms with Crippen molar-refractivity contribution < 1.29 is 209 Å². The predicted molar refractivity (Wildman–Crippen MR) is 415 cm³/mol. The Morgan fingerprint density at radius 2 is 0.651 bits per heavy atom. The van der Waals surface area contributed by atoms with Crippen LogP contribution >= 0.6 is 0 Å². The minimum Gasteiger partial charge on any atom is -0.502 e. The Bertz CT molecular complexity index is 5750. The van der Waals surface area contributed by atoms with E-state index in [1.807, 2.05) is 0 Å². The fraction of sp³-hybridized carbons (Fsp3) is 0.552. The SMILES string of the molecule is [2H]C([2H])([2H])Oc1cc([C@@H]2c3cc4c(cc3[C@@H](O[C@@H]3O[C@@H]5CO[C@@H](C)O[C@H]5[C@H](O)[C@H]3O)[C@H]3COC(=O)[C@H]23)OC([2H])([2H])O4)cc(OC([2H])([2H])[2H])c1O.[2H]C1([2H])Oc2cc3c(cc2O1)[C@@H](O[C@@H]1O[C@@H]2CO[C@@H](C)O[C@H]2[C@H](O)[C@H]1O)[C@@H]1[C@H](C(=O)OC1([2H])[2H])[C@@H]3c1cc(OC)c(O)c(OC)c1.[2H]C1([2H])Oc2cc3c(cc2O1)[C@@]([2H])(c1cc(OC)c(O)c(OC)c1)[C@H]1C(=O)OC[C@@H]1[C@@H]3O[C@@H]1O[C@@H]2CO[C@@H](C)O[C@H]2[C@H](O)[C@H]1O. The Hall–Kier alpha value is -9.99. The highest BCUT2D eigenvalue weighted by molar-refractivity contribution is 5.81. The summed E-state index contributed by atoms with van der Waals surface area (Å²) >= 11 is 0. The highest BCUT2D eigenvalue weighted by Crippen LogP contribution is 2.62. The fourth-order valence-electron chi connectivity index (χ4n) is 19.2. The number of hydrogen-bond acceptors (Lipinski definition) is 39. The van der Waals surface area contributed by atoms with Gasteiger partial charge in [0.15, 0.2) is 107 Å². The summed E-state index contributed by atoms with van der Waals surface area (Å²) in [4.78, 5) is 40.7. The first kappa shape index (κ1) is 69.1. The first-order chi connectivity index (χ1) is 66.4. The predicted octanol–water partition coefficient (Wildman–Crippen LogP) is 4.02. The van der Waals surface area contributed by atoms with Gasteiger partial charge >= 0.3 is 17.9 Å². The number of phenolic OH excluding ortho intramolecular Hbond substituents is 3. The Morgan fingerprint density at radius 1 is 0.349 bits per heavy atom. The lowest BCUT2D eigenvalue weighted by atomic mass is 9.66. The van der Waals surface area contributed by atoms with Gasteiger partial charge in [-0.2, -0.15) is 0 Å². The number of ether oxygens (including phenoxy) is 27. The van der Waals surface area contributed by atoms with Gasteiger partial charge in [-0.3, -0.25) is 14.4 Å². The van der Waals surface area contributed by atoms with Crippen LogP contribution in [-0.2, 0) is 85.4 Å². The molecule has 0 saturated carbocycles. The van der Waals surface area contributed by atoms with E-state index in [2.05, 4.69) is 0 Å². The van der Waals surface area contributed by atoms with Crippen LogP contribution in [0.1, 0.15) is 127 Å².